The average Bonchev–Trinajstić information content (AvgIpc) is 3.36. The van der Waals surface area contributed by atoms with E-state index in [1.165, 1.54) is 40.8 Å². The molecule has 0 spiro atoms. The summed E-state index contributed by atoms with van der Waals surface area (Å²) in [5.41, 5.74) is 0.220. The number of carbonyl (C=O) groups excluding carboxylic acids is 1. The minimum atomic E-state index is -4.42. The van der Waals surface area contributed by atoms with Crippen molar-refractivity contribution in [1.82, 2.24) is 8.87 Å². The number of Topliss-reactive ketones (excluding diaryl/α,β-unsaturated/α-hetero) is 1. The second kappa shape index (κ2) is 9.19. The molecule has 0 atom stereocenters. The molecule has 34 heavy (non-hydrogen) atoms. The standard InChI is InChI=1S/C24H21F3N2O4S/c25-24(26,27)20-9-7-18(8-10-20)17-3-5-19(6-4-17)22(30)16-28-15-21(11-12-23(28)31)34(32,33)29-13-1-2-14-29/h3-12,15H,1-2,13-14,16H2. The minimum Gasteiger partial charge on any atom is -0.306 e. The van der Waals surface area contributed by atoms with Gasteiger partial charge in [-0.25, -0.2) is 8.42 Å². The number of ketones is 1. The summed E-state index contributed by atoms with van der Waals surface area (Å²) in [5.74, 6) is -0.406. The van der Waals surface area contributed by atoms with E-state index in [0.29, 0.717) is 24.2 Å². The monoisotopic (exact) mass is 490 g/mol. The van der Waals surface area contributed by atoms with Crippen LogP contribution in [0.2, 0.25) is 0 Å². The van der Waals surface area contributed by atoms with Crippen molar-refractivity contribution in [3.8, 4) is 11.1 Å². The number of halogens is 3. The van der Waals surface area contributed by atoms with Crippen LogP contribution in [0.5, 0.6) is 0 Å². The number of carbonyl (C=O) groups is 1. The maximum absolute atomic E-state index is 12.8. The normalized spacial score (nSPS) is 14.9. The zero-order valence-corrected chi connectivity index (χ0v) is 18.8. The van der Waals surface area contributed by atoms with E-state index in [4.69, 9.17) is 0 Å². The molecular weight excluding hydrogens is 469 g/mol. The summed E-state index contributed by atoms with van der Waals surface area (Å²) in [5, 5.41) is 0. The van der Waals surface area contributed by atoms with Crippen LogP contribution in [0.15, 0.2) is 76.6 Å². The van der Waals surface area contributed by atoms with Gasteiger partial charge in [0.05, 0.1) is 17.0 Å². The van der Waals surface area contributed by atoms with Gasteiger partial charge < -0.3 is 4.57 Å². The van der Waals surface area contributed by atoms with Gasteiger partial charge in [0.15, 0.2) is 5.78 Å². The number of pyridine rings is 1. The maximum Gasteiger partial charge on any atom is 0.416 e. The smallest absolute Gasteiger partial charge is 0.306 e. The molecule has 0 amide bonds. The lowest BCUT2D eigenvalue weighted by molar-refractivity contribution is -0.137. The Balaban J connectivity index is 1.51. The lowest BCUT2D eigenvalue weighted by atomic mass is 10.0. The van der Waals surface area contributed by atoms with Crippen LogP contribution < -0.4 is 5.56 Å². The second-order valence-electron chi connectivity index (χ2n) is 8.02. The van der Waals surface area contributed by atoms with Crippen molar-refractivity contribution in [1.29, 1.82) is 0 Å². The number of aromatic nitrogens is 1. The van der Waals surface area contributed by atoms with Gasteiger partial charge in [-0.05, 0) is 42.2 Å². The molecule has 2 aromatic carbocycles. The molecule has 178 valence electrons. The van der Waals surface area contributed by atoms with E-state index in [1.54, 1.807) is 12.1 Å². The topological polar surface area (TPSA) is 76.5 Å². The van der Waals surface area contributed by atoms with Crippen LogP contribution in [-0.4, -0.2) is 36.2 Å². The van der Waals surface area contributed by atoms with Gasteiger partial charge >= 0.3 is 6.18 Å². The Morgan fingerprint density at radius 2 is 1.41 bits per heavy atom. The van der Waals surface area contributed by atoms with Crippen LogP contribution in [0.1, 0.15) is 28.8 Å². The van der Waals surface area contributed by atoms with Crippen LogP contribution >= 0.6 is 0 Å². The van der Waals surface area contributed by atoms with E-state index in [1.807, 2.05) is 0 Å². The SMILES string of the molecule is O=C(Cn1cc(S(=O)(=O)N2CCCC2)ccc1=O)c1ccc(-c2ccc(C(F)(F)F)cc2)cc1. The molecule has 0 aliphatic carbocycles. The predicted molar refractivity (Wildman–Crippen MR) is 120 cm³/mol. The van der Waals surface area contributed by atoms with E-state index in [2.05, 4.69) is 0 Å². The number of rotatable bonds is 6. The highest BCUT2D eigenvalue weighted by Crippen LogP contribution is 2.31. The highest BCUT2D eigenvalue weighted by Gasteiger charge is 2.30. The highest BCUT2D eigenvalue weighted by molar-refractivity contribution is 7.89. The molecule has 4 rings (SSSR count). The Labute approximate surface area is 194 Å². The molecule has 2 heterocycles. The van der Waals surface area contributed by atoms with Crippen molar-refractivity contribution < 1.29 is 26.4 Å². The number of hydrogen-bond acceptors (Lipinski definition) is 4. The third-order valence-electron chi connectivity index (χ3n) is 5.73. The summed E-state index contributed by atoms with van der Waals surface area (Å²) in [6, 6.07) is 13.3. The van der Waals surface area contributed by atoms with Gasteiger partial charge in [0.25, 0.3) is 5.56 Å². The van der Waals surface area contributed by atoms with Crippen LogP contribution in [0.3, 0.4) is 0 Å². The molecule has 1 fully saturated rings. The van der Waals surface area contributed by atoms with Crippen LogP contribution in [0.4, 0.5) is 13.2 Å². The van der Waals surface area contributed by atoms with Crippen LogP contribution in [-0.2, 0) is 22.7 Å². The molecule has 3 aromatic rings. The molecule has 10 heteroatoms. The largest absolute Gasteiger partial charge is 0.416 e. The van der Waals surface area contributed by atoms with Gasteiger partial charge in [0.2, 0.25) is 10.0 Å². The fourth-order valence-corrected chi connectivity index (χ4v) is 5.35. The van der Waals surface area contributed by atoms with Crippen LogP contribution in [0.25, 0.3) is 11.1 Å². The van der Waals surface area contributed by atoms with E-state index in [9.17, 15) is 31.2 Å². The van der Waals surface area contributed by atoms with E-state index < -0.39 is 33.1 Å². The van der Waals surface area contributed by atoms with Crippen molar-refractivity contribution in [2.45, 2.75) is 30.5 Å². The number of alkyl halides is 3. The first-order chi connectivity index (χ1) is 16.1. The van der Waals surface area contributed by atoms with Crippen molar-refractivity contribution in [3.63, 3.8) is 0 Å². The summed E-state index contributed by atoms with van der Waals surface area (Å²) in [6.45, 7) is 0.499. The molecular formula is C24H21F3N2O4S. The van der Waals surface area contributed by atoms with Gasteiger partial charge in [-0.3, -0.25) is 9.59 Å². The minimum absolute atomic E-state index is 0.0422. The Morgan fingerprint density at radius 3 is 1.97 bits per heavy atom. The van der Waals surface area contributed by atoms with Gasteiger partial charge in [-0.2, -0.15) is 17.5 Å². The van der Waals surface area contributed by atoms with E-state index >= 15 is 0 Å². The molecule has 0 unspecified atom stereocenters. The molecule has 1 aliphatic heterocycles. The molecule has 1 saturated heterocycles. The van der Waals surface area contributed by atoms with E-state index in [0.717, 1.165) is 35.6 Å². The molecule has 0 bridgehead atoms. The Morgan fingerprint density at radius 1 is 0.853 bits per heavy atom. The van der Waals surface area contributed by atoms with Gasteiger partial charge in [0, 0.05) is 30.9 Å². The lowest BCUT2D eigenvalue weighted by Gasteiger charge is -2.16. The zero-order chi connectivity index (χ0) is 24.5. The predicted octanol–water partition coefficient (Wildman–Crippen LogP) is 4.20. The lowest BCUT2D eigenvalue weighted by Crippen LogP contribution is -2.30. The quantitative estimate of drug-likeness (QED) is 0.486. The maximum atomic E-state index is 12.8. The van der Waals surface area contributed by atoms with Crippen molar-refractivity contribution in [2.24, 2.45) is 0 Å². The molecule has 1 aromatic heterocycles. The van der Waals surface area contributed by atoms with Gasteiger partial charge in [-0.15, -0.1) is 0 Å². The zero-order valence-electron chi connectivity index (χ0n) is 18.0. The molecule has 0 radical (unpaired) electrons. The van der Waals surface area contributed by atoms with Gasteiger partial charge in [-0.1, -0.05) is 36.4 Å². The first kappa shape index (κ1) is 23.9. The number of hydrogen-bond donors (Lipinski definition) is 0. The molecule has 1 aliphatic rings. The average molecular weight is 491 g/mol. The summed E-state index contributed by atoms with van der Waals surface area (Å²) < 4.78 is 66.2. The Bertz CT molecular complexity index is 1360. The third-order valence-corrected chi connectivity index (χ3v) is 7.61. The number of sulfonamides is 1. The van der Waals surface area contributed by atoms with Crippen molar-refractivity contribution in [3.05, 3.63) is 88.3 Å². The Kier molecular flexibility index (Phi) is 6.46. The van der Waals surface area contributed by atoms with Crippen molar-refractivity contribution in [2.75, 3.05) is 13.1 Å². The van der Waals surface area contributed by atoms with Gasteiger partial charge in [0.1, 0.15) is 0 Å². The fraction of sp³-hybridized carbons (Fsp3) is 0.250. The number of nitrogens with zero attached hydrogens (tertiary/aromatic N) is 2. The third kappa shape index (κ3) is 4.97. The summed E-state index contributed by atoms with van der Waals surface area (Å²) >= 11 is 0. The van der Waals surface area contributed by atoms with E-state index in [-0.39, 0.29) is 17.0 Å². The summed E-state index contributed by atoms with van der Waals surface area (Å²) in [4.78, 5) is 24.9. The highest BCUT2D eigenvalue weighted by atomic mass is 32.2. The first-order valence-corrected chi connectivity index (χ1v) is 12.0. The summed E-state index contributed by atoms with van der Waals surface area (Å²) in [7, 11) is -3.74. The fourth-order valence-electron chi connectivity index (χ4n) is 3.81. The Hall–Kier alpha value is -3.24. The second-order valence-corrected chi connectivity index (χ2v) is 9.96. The summed E-state index contributed by atoms with van der Waals surface area (Å²) in [6.07, 6.45) is -1.68. The molecule has 0 saturated carbocycles. The van der Waals surface area contributed by atoms with Crippen LogP contribution in [0, 0.1) is 0 Å². The van der Waals surface area contributed by atoms with Crippen molar-refractivity contribution >= 4 is 15.8 Å². The molecule has 0 N–H and O–H groups in total. The first-order valence-electron chi connectivity index (χ1n) is 10.6. The molecule has 6 nitrogen and oxygen atoms in total. The number of benzene rings is 2.